The molecule has 1 aromatic carbocycles. The summed E-state index contributed by atoms with van der Waals surface area (Å²) in [4.78, 5) is 11.7. The molecule has 0 aliphatic heterocycles. The lowest BCUT2D eigenvalue weighted by Gasteiger charge is -2.33. The number of benzene rings is 1. The fourth-order valence-corrected chi connectivity index (χ4v) is 2.81. The third-order valence-electron chi connectivity index (χ3n) is 4.03. The first-order valence-electron chi connectivity index (χ1n) is 8.06. The van der Waals surface area contributed by atoms with E-state index in [1.165, 1.54) is 0 Å². The van der Waals surface area contributed by atoms with Gasteiger partial charge < -0.3 is 14.6 Å². The monoisotopic (exact) mass is 318 g/mol. The van der Waals surface area contributed by atoms with Crippen LogP contribution in [-0.2, 0) is 15.1 Å². The second-order valence-electron chi connectivity index (χ2n) is 7.00. The molecule has 0 aromatic heterocycles. The van der Waals surface area contributed by atoms with E-state index in [2.05, 4.69) is 6.58 Å². The molecule has 0 saturated heterocycles. The van der Waals surface area contributed by atoms with Gasteiger partial charge in [0.05, 0.1) is 17.8 Å². The van der Waals surface area contributed by atoms with Gasteiger partial charge in [-0.05, 0) is 51.3 Å². The zero-order valence-corrected chi connectivity index (χ0v) is 14.2. The van der Waals surface area contributed by atoms with Crippen LogP contribution in [0.5, 0.6) is 5.75 Å². The summed E-state index contributed by atoms with van der Waals surface area (Å²) in [6.45, 7) is 8.96. The number of carbonyl (C=O) groups excluding carboxylic acids is 1. The van der Waals surface area contributed by atoms with Crippen molar-refractivity contribution in [1.82, 2.24) is 0 Å². The summed E-state index contributed by atoms with van der Waals surface area (Å²) in [5, 5.41) is 9.97. The van der Waals surface area contributed by atoms with Crippen LogP contribution < -0.4 is 4.74 Å². The summed E-state index contributed by atoms with van der Waals surface area (Å²) in [6, 6.07) is 7.47. The predicted octanol–water partition coefficient (Wildman–Crippen LogP) is 3.72. The van der Waals surface area contributed by atoms with Crippen molar-refractivity contribution in [3.05, 3.63) is 42.0 Å². The third-order valence-corrected chi connectivity index (χ3v) is 4.03. The van der Waals surface area contributed by atoms with Gasteiger partial charge in [0, 0.05) is 5.57 Å². The molecule has 1 N–H and O–H groups in total. The van der Waals surface area contributed by atoms with Crippen molar-refractivity contribution in [3.8, 4) is 5.75 Å². The molecule has 0 radical (unpaired) electrons. The van der Waals surface area contributed by atoms with E-state index in [0.29, 0.717) is 11.3 Å². The van der Waals surface area contributed by atoms with Crippen molar-refractivity contribution in [3.63, 3.8) is 0 Å². The summed E-state index contributed by atoms with van der Waals surface area (Å²) < 4.78 is 11.5. The lowest BCUT2D eigenvalue weighted by atomic mass is 9.91. The van der Waals surface area contributed by atoms with Crippen LogP contribution >= 0.6 is 0 Å². The van der Waals surface area contributed by atoms with Gasteiger partial charge in [-0.15, -0.1) is 0 Å². The molecule has 2 rings (SSSR count). The average molecular weight is 318 g/mol. The number of rotatable bonds is 6. The average Bonchev–Trinajstić information content (AvgIpc) is 2.95. The highest BCUT2D eigenvalue weighted by molar-refractivity contribution is 5.88. The summed E-state index contributed by atoms with van der Waals surface area (Å²) in [5.74, 6) is 0.0636. The van der Waals surface area contributed by atoms with E-state index >= 15 is 0 Å². The van der Waals surface area contributed by atoms with Gasteiger partial charge in [0.15, 0.2) is 0 Å². The lowest BCUT2D eigenvalue weighted by Crippen LogP contribution is -2.35. The fraction of sp³-hybridized carbons (Fsp3) is 0.526. The Bertz CT molecular complexity index is 577. The zero-order valence-electron chi connectivity index (χ0n) is 14.2. The van der Waals surface area contributed by atoms with E-state index in [-0.39, 0.29) is 6.61 Å². The van der Waals surface area contributed by atoms with Gasteiger partial charge in [-0.2, -0.15) is 0 Å². The molecular weight excluding hydrogens is 292 g/mol. The minimum atomic E-state index is -0.875. The van der Waals surface area contributed by atoms with E-state index in [9.17, 15) is 9.90 Å². The molecule has 1 aliphatic rings. The molecular formula is C19H26O4. The summed E-state index contributed by atoms with van der Waals surface area (Å²) in [5.41, 5.74) is 0.0705. The number of ether oxygens (including phenoxy) is 2. The van der Waals surface area contributed by atoms with Crippen LogP contribution in [0.15, 0.2) is 36.4 Å². The molecule has 1 fully saturated rings. The maximum absolute atomic E-state index is 11.7. The Morgan fingerprint density at radius 1 is 1.35 bits per heavy atom. The van der Waals surface area contributed by atoms with Crippen molar-refractivity contribution in [2.24, 2.45) is 0 Å². The first-order valence-corrected chi connectivity index (χ1v) is 8.06. The van der Waals surface area contributed by atoms with E-state index in [0.717, 1.165) is 31.2 Å². The van der Waals surface area contributed by atoms with Crippen LogP contribution in [0, 0.1) is 0 Å². The summed E-state index contributed by atoms with van der Waals surface area (Å²) in [6.07, 6.45) is 3.98. The Kier molecular flexibility index (Phi) is 5.27. The SMILES string of the molecule is C=C(C)C(=O)Oc1cccc(C2(OCC(C)(C)O)CCCC2)c1. The van der Waals surface area contributed by atoms with Crippen LogP contribution in [0.3, 0.4) is 0 Å². The van der Waals surface area contributed by atoms with Gasteiger partial charge in [-0.1, -0.05) is 31.6 Å². The highest BCUT2D eigenvalue weighted by Crippen LogP contribution is 2.43. The molecule has 0 heterocycles. The van der Waals surface area contributed by atoms with Crippen molar-refractivity contribution in [2.75, 3.05) is 6.61 Å². The second kappa shape index (κ2) is 6.85. The van der Waals surface area contributed by atoms with Crippen molar-refractivity contribution in [2.45, 2.75) is 57.7 Å². The number of hydrogen-bond acceptors (Lipinski definition) is 4. The zero-order chi connectivity index (χ0) is 17.1. The first kappa shape index (κ1) is 17.7. The maximum Gasteiger partial charge on any atom is 0.338 e. The van der Waals surface area contributed by atoms with Crippen LogP contribution in [0.1, 0.15) is 52.0 Å². The molecule has 1 aromatic rings. The quantitative estimate of drug-likeness (QED) is 0.493. The lowest BCUT2D eigenvalue weighted by molar-refractivity contribution is -0.130. The second-order valence-corrected chi connectivity index (χ2v) is 7.00. The van der Waals surface area contributed by atoms with Gasteiger partial charge in [0.25, 0.3) is 0 Å². The Morgan fingerprint density at radius 3 is 2.57 bits per heavy atom. The van der Waals surface area contributed by atoms with Crippen LogP contribution in [0.25, 0.3) is 0 Å². The van der Waals surface area contributed by atoms with E-state index in [1.807, 2.05) is 18.2 Å². The molecule has 4 heteroatoms. The van der Waals surface area contributed by atoms with Crippen molar-refractivity contribution in [1.29, 1.82) is 0 Å². The largest absolute Gasteiger partial charge is 0.423 e. The van der Waals surface area contributed by atoms with Gasteiger partial charge >= 0.3 is 5.97 Å². The molecule has 0 spiro atoms. The first-order chi connectivity index (χ1) is 10.7. The standard InChI is InChI=1S/C19H26O4/c1-14(2)17(20)23-16-9-7-8-15(12-16)19(10-5-6-11-19)22-13-18(3,4)21/h7-9,12,21H,1,5-6,10-11,13H2,2-4H3. The summed E-state index contributed by atoms with van der Waals surface area (Å²) in [7, 11) is 0. The molecule has 0 bridgehead atoms. The molecule has 23 heavy (non-hydrogen) atoms. The molecule has 1 saturated carbocycles. The fourth-order valence-electron chi connectivity index (χ4n) is 2.81. The van der Waals surface area contributed by atoms with Crippen molar-refractivity contribution < 1.29 is 19.4 Å². The smallest absolute Gasteiger partial charge is 0.338 e. The highest BCUT2D eigenvalue weighted by Gasteiger charge is 2.38. The number of hydrogen-bond donors (Lipinski definition) is 1. The van der Waals surface area contributed by atoms with Gasteiger partial charge in [-0.3, -0.25) is 0 Å². The Morgan fingerprint density at radius 2 is 2.00 bits per heavy atom. The molecule has 0 atom stereocenters. The molecule has 4 nitrogen and oxygen atoms in total. The third kappa shape index (κ3) is 4.66. The van der Waals surface area contributed by atoms with E-state index in [1.54, 1.807) is 26.8 Å². The predicted molar refractivity (Wildman–Crippen MR) is 89.3 cm³/mol. The number of esters is 1. The topological polar surface area (TPSA) is 55.8 Å². The Hall–Kier alpha value is -1.65. The maximum atomic E-state index is 11.7. The van der Waals surface area contributed by atoms with Gasteiger partial charge in [0.2, 0.25) is 0 Å². The molecule has 0 unspecified atom stereocenters. The van der Waals surface area contributed by atoms with Crippen molar-refractivity contribution >= 4 is 5.97 Å². The van der Waals surface area contributed by atoms with Crippen LogP contribution in [0.4, 0.5) is 0 Å². The minimum absolute atomic E-state index is 0.267. The summed E-state index contributed by atoms with van der Waals surface area (Å²) >= 11 is 0. The molecule has 126 valence electrons. The van der Waals surface area contributed by atoms with Crippen LogP contribution in [0.2, 0.25) is 0 Å². The number of carbonyl (C=O) groups is 1. The molecule has 0 amide bonds. The Labute approximate surface area is 138 Å². The van der Waals surface area contributed by atoms with E-state index in [4.69, 9.17) is 9.47 Å². The highest BCUT2D eigenvalue weighted by atomic mass is 16.5. The number of aliphatic hydroxyl groups is 1. The Balaban J connectivity index is 2.22. The van der Waals surface area contributed by atoms with Crippen LogP contribution in [-0.4, -0.2) is 23.3 Å². The van der Waals surface area contributed by atoms with E-state index < -0.39 is 17.2 Å². The minimum Gasteiger partial charge on any atom is -0.423 e. The molecule has 1 aliphatic carbocycles. The van der Waals surface area contributed by atoms with Gasteiger partial charge in [-0.25, -0.2) is 4.79 Å². The normalized spacial score (nSPS) is 17.0. The van der Waals surface area contributed by atoms with Gasteiger partial charge in [0.1, 0.15) is 5.75 Å².